The van der Waals surface area contributed by atoms with Gasteiger partial charge in [-0.1, -0.05) is 151 Å². The zero-order chi connectivity index (χ0) is 40.8. The summed E-state index contributed by atoms with van der Waals surface area (Å²) < 4.78 is 0. The molecule has 0 spiro atoms. The quantitative estimate of drug-likeness (QED) is 0.164. The monoisotopic (exact) mass is 757 g/mol. The van der Waals surface area contributed by atoms with Crippen LogP contribution in [0.4, 0.5) is 17.1 Å². The second kappa shape index (κ2) is 13.2. The van der Waals surface area contributed by atoms with Crippen LogP contribution in [0.25, 0.3) is 81.8 Å². The molecule has 0 saturated carbocycles. The average Bonchev–Trinajstić information content (AvgIpc) is 3.75. The second-order valence-electron chi connectivity index (χ2n) is 18.0. The summed E-state index contributed by atoms with van der Waals surface area (Å²) in [7, 11) is 0. The number of benzene rings is 8. The maximum absolute atomic E-state index is 9.71. The molecule has 0 atom stereocenters. The maximum atomic E-state index is 9.71. The second-order valence-corrected chi connectivity index (χ2v) is 18.0. The Kier molecular flexibility index (Phi) is 8.07. The van der Waals surface area contributed by atoms with Gasteiger partial charge in [0.1, 0.15) is 17.7 Å². The van der Waals surface area contributed by atoms with Gasteiger partial charge in [0, 0.05) is 17.1 Å². The van der Waals surface area contributed by atoms with Crippen LogP contribution in [0.2, 0.25) is 0 Å². The Morgan fingerprint density at radius 1 is 0.441 bits per heavy atom. The number of rotatable bonds is 5. The van der Waals surface area contributed by atoms with E-state index in [1.165, 1.54) is 70.6 Å². The van der Waals surface area contributed by atoms with Gasteiger partial charge in [-0.15, -0.1) is 0 Å². The fourth-order valence-corrected chi connectivity index (χ4v) is 9.48. The van der Waals surface area contributed by atoms with Crippen LogP contribution in [0.5, 0.6) is 0 Å². The average molecular weight is 758 g/mol. The lowest BCUT2D eigenvalue weighted by atomic mass is 9.86. The molecule has 0 aliphatic heterocycles. The molecule has 0 bridgehead atoms. The molecule has 10 rings (SSSR count). The summed E-state index contributed by atoms with van der Waals surface area (Å²) >= 11 is 0. The minimum Gasteiger partial charge on any atom is -0.310 e. The molecule has 0 aliphatic carbocycles. The number of fused-ring (bicyclic) bond motifs is 7. The number of nitrogens with zero attached hydrogens (tertiary/aromatic N) is 3. The third kappa shape index (κ3) is 5.61. The zero-order valence-electron chi connectivity index (χ0n) is 34.3. The van der Waals surface area contributed by atoms with Crippen LogP contribution >= 0.6 is 0 Å². The Hall–Kier alpha value is -7.20. The van der Waals surface area contributed by atoms with Gasteiger partial charge in [-0.3, -0.25) is 0 Å². The molecule has 10 aromatic carbocycles. The van der Waals surface area contributed by atoms with E-state index < -0.39 is 0 Å². The van der Waals surface area contributed by atoms with Crippen molar-refractivity contribution in [2.24, 2.45) is 0 Å². The van der Waals surface area contributed by atoms with Gasteiger partial charge in [0.05, 0.1) is 0 Å². The fourth-order valence-electron chi connectivity index (χ4n) is 9.48. The minimum absolute atomic E-state index is 0.0306. The molecule has 0 aromatic heterocycles. The van der Waals surface area contributed by atoms with Crippen LogP contribution in [0, 0.1) is 22.7 Å². The fraction of sp³-hybridized carbons (Fsp3) is 0.143. The largest absolute Gasteiger partial charge is 0.310 e. The molecule has 10 aromatic rings. The number of hydrogen-bond acceptors (Lipinski definition) is 3. The molecule has 0 unspecified atom stereocenters. The molecule has 0 aliphatic rings. The van der Waals surface area contributed by atoms with E-state index in [9.17, 15) is 10.5 Å². The summed E-state index contributed by atoms with van der Waals surface area (Å²) in [6.07, 6.45) is 1.72. The highest BCUT2D eigenvalue weighted by Gasteiger charge is 2.27. The van der Waals surface area contributed by atoms with Crippen LogP contribution < -0.4 is 4.90 Å². The van der Waals surface area contributed by atoms with E-state index in [-0.39, 0.29) is 16.4 Å². The molecule has 0 N–H and O–H groups in total. The number of hydrogen-bond donors (Lipinski definition) is 0. The van der Waals surface area contributed by atoms with E-state index in [2.05, 4.69) is 204 Å². The van der Waals surface area contributed by atoms with Gasteiger partial charge in [0.2, 0.25) is 0 Å². The van der Waals surface area contributed by atoms with Gasteiger partial charge in [0.15, 0.2) is 0 Å². The normalized spacial score (nSPS) is 12.2. The highest BCUT2D eigenvalue weighted by atomic mass is 15.1. The lowest BCUT2D eigenvalue weighted by molar-refractivity contribution is 0.590. The molecule has 3 heteroatoms. The first kappa shape index (κ1) is 36.2. The van der Waals surface area contributed by atoms with Crippen molar-refractivity contribution in [1.29, 1.82) is 10.5 Å². The SMILES string of the molecule is CC(C)(C)c1ccc(N(c2ccc(C(C)(C)C)cc2)c2cc3c(-c4ccccc4)c4c5cccc6c(C=C(C#N)C#N)ccc(c65)c4c4c5ccccc5c(c2)c34)cc1. The smallest absolute Gasteiger partial charge is 0.130 e. The Morgan fingerprint density at radius 2 is 0.966 bits per heavy atom. The molecule has 0 amide bonds. The van der Waals surface area contributed by atoms with Crippen LogP contribution in [-0.2, 0) is 10.8 Å². The Labute approximate surface area is 345 Å². The zero-order valence-corrected chi connectivity index (χ0v) is 34.3. The van der Waals surface area contributed by atoms with Gasteiger partial charge in [-0.05, 0) is 146 Å². The molecule has 59 heavy (non-hydrogen) atoms. The van der Waals surface area contributed by atoms with Crippen LogP contribution in [0.15, 0.2) is 151 Å². The number of allylic oxidation sites excluding steroid dienone is 1. The van der Waals surface area contributed by atoms with Crippen molar-refractivity contribution in [2.75, 3.05) is 4.90 Å². The van der Waals surface area contributed by atoms with E-state index in [1.54, 1.807) is 6.08 Å². The Bertz CT molecular complexity index is 3310. The van der Waals surface area contributed by atoms with Crippen molar-refractivity contribution in [3.05, 3.63) is 168 Å². The summed E-state index contributed by atoms with van der Waals surface area (Å²) in [5, 5.41) is 33.8. The van der Waals surface area contributed by atoms with E-state index in [4.69, 9.17) is 0 Å². The van der Waals surface area contributed by atoms with Crippen LogP contribution in [-0.4, -0.2) is 0 Å². The van der Waals surface area contributed by atoms with E-state index in [0.717, 1.165) is 39.0 Å². The first-order chi connectivity index (χ1) is 28.5. The van der Waals surface area contributed by atoms with Gasteiger partial charge in [-0.2, -0.15) is 10.5 Å². The highest BCUT2D eigenvalue weighted by Crippen LogP contribution is 2.55. The van der Waals surface area contributed by atoms with Crippen molar-refractivity contribution in [3.8, 4) is 23.3 Å². The lowest BCUT2D eigenvalue weighted by Gasteiger charge is -2.28. The van der Waals surface area contributed by atoms with Crippen molar-refractivity contribution in [1.82, 2.24) is 0 Å². The van der Waals surface area contributed by atoms with Crippen molar-refractivity contribution < 1.29 is 0 Å². The highest BCUT2D eigenvalue weighted by molar-refractivity contribution is 6.48. The van der Waals surface area contributed by atoms with Gasteiger partial charge < -0.3 is 4.90 Å². The summed E-state index contributed by atoms with van der Waals surface area (Å²) in [5.41, 5.74) is 9.29. The third-order valence-electron chi connectivity index (χ3n) is 12.3. The molecular formula is C56H43N3. The van der Waals surface area contributed by atoms with Crippen LogP contribution in [0.3, 0.4) is 0 Å². The molecule has 0 heterocycles. The molecule has 282 valence electrons. The molecule has 0 radical (unpaired) electrons. The van der Waals surface area contributed by atoms with Gasteiger partial charge >= 0.3 is 0 Å². The van der Waals surface area contributed by atoms with Gasteiger partial charge in [0.25, 0.3) is 0 Å². The summed E-state index contributed by atoms with van der Waals surface area (Å²) in [6.45, 7) is 13.6. The molecular weight excluding hydrogens is 715 g/mol. The lowest BCUT2D eigenvalue weighted by Crippen LogP contribution is -2.14. The Balaban J connectivity index is 1.38. The summed E-state index contributed by atoms with van der Waals surface area (Å²) in [6, 6.07) is 57.6. The summed E-state index contributed by atoms with van der Waals surface area (Å²) in [5.74, 6) is 0. The molecule has 3 nitrogen and oxygen atoms in total. The van der Waals surface area contributed by atoms with E-state index >= 15 is 0 Å². The molecule has 0 fully saturated rings. The predicted octanol–water partition coefficient (Wildman–Crippen LogP) is 15.6. The van der Waals surface area contributed by atoms with E-state index in [1.807, 2.05) is 0 Å². The van der Waals surface area contributed by atoms with Crippen LogP contribution in [0.1, 0.15) is 58.2 Å². The number of nitriles is 2. The standard InChI is InChI=1S/C56H43N3/c1-55(2,3)37-20-24-39(25-21-37)59(40-26-22-38(23-27-40)56(4,5)6)41-30-47-43-15-10-11-16-44(43)52-51(47)48(31-41)49(35-13-8-7-9-14-35)53-45-18-12-17-42-36(29-34(32-57)33-58)19-28-46(50(42)45)54(52)53/h7-31H,1-6H3. The van der Waals surface area contributed by atoms with Gasteiger partial charge in [-0.25, -0.2) is 0 Å². The molecule has 0 saturated heterocycles. The summed E-state index contributed by atoms with van der Waals surface area (Å²) in [4.78, 5) is 2.42. The van der Waals surface area contributed by atoms with Crippen molar-refractivity contribution in [3.63, 3.8) is 0 Å². The maximum Gasteiger partial charge on any atom is 0.130 e. The van der Waals surface area contributed by atoms with E-state index in [0.29, 0.717) is 0 Å². The first-order valence-electron chi connectivity index (χ1n) is 20.4. The Morgan fingerprint density at radius 3 is 1.58 bits per heavy atom. The third-order valence-corrected chi connectivity index (χ3v) is 12.3. The topological polar surface area (TPSA) is 50.8 Å². The van der Waals surface area contributed by atoms with Crippen molar-refractivity contribution in [2.45, 2.75) is 52.4 Å². The number of anilines is 3. The minimum atomic E-state index is 0.0306. The van der Waals surface area contributed by atoms with Crippen molar-refractivity contribution >= 4 is 87.8 Å². The first-order valence-corrected chi connectivity index (χ1v) is 20.4. The predicted molar refractivity (Wildman–Crippen MR) is 251 cm³/mol.